The van der Waals surface area contributed by atoms with E-state index >= 15 is 0 Å². The maximum absolute atomic E-state index is 13.0. The van der Waals surface area contributed by atoms with Crippen LogP contribution in [0.5, 0.6) is 5.75 Å². The molecule has 5 nitrogen and oxygen atoms in total. The number of carbonyl (C=O) groups excluding carboxylic acids is 1. The van der Waals surface area contributed by atoms with Crippen LogP contribution >= 0.6 is 11.8 Å². The van der Waals surface area contributed by atoms with E-state index in [9.17, 15) is 4.79 Å². The van der Waals surface area contributed by atoms with E-state index in [1.165, 1.54) is 32.1 Å². The number of carbonyl (C=O) groups is 1. The first kappa shape index (κ1) is 19.0. The fourth-order valence-corrected chi connectivity index (χ4v) is 4.73. The van der Waals surface area contributed by atoms with Crippen molar-refractivity contribution >= 4 is 17.5 Å². The van der Waals surface area contributed by atoms with Gasteiger partial charge in [0.2, 0.25) is 0 Å². The van der Waals surface area contributed by atoms with Crippen LogP contribution in [0.15, 0.2) is 29.4 Å². The van der Waals surface area contributed by atoms with Crippen molar-refractivity contribution in [2.24, 2.45) is 0 Å². The van der Waals surface area contributed by atoms with Gasteiger partial charge in [0, 0.05) is 11.6 Å². The molecular weight excluding hydrogens is 346 g/mol. The molecule has 0 radical (unpaired) electrons. The number of hydrogen-bond donors (Lipinski definition) is 0. The Morgan fingerprint density at radius 1 is 1.23 bits per heavy atom. The van der Waals surface area contributed by atoms with E-state index in [0.29, 0.717) is 11.6 Å². The zero-order valence-electron chi connectivity index (χ0n) is 15.8. The van der Waals surface area contributed by atoms with Crippen molar-refractivity contribution in [2.75, 3.05) is 7.11 Å². The molecule has 1 unspecified atom stereocenters. The lowest BCUT2D eigenvalue weighted by atomic mass is 9.95. The van der Waals surface area contributed by atoms with E-state index in [1.807, 2.05) is 38.1 Å². The summed E-state index contributed by atoms with van der Waals surface area (Å²) >= 11 is 1.55. The molecule has 0 N–H and O–H groups in total. The average molecular weight is 374 g/mol. The number of aromatic nitrogens is 3. The maximum Gasteiger partial charge on any atom is 0.192 e. The van der Waals surface area contributed by atoms with Gasteiger partial charge in [0.15, 0.2) is 10.9 Å². The first-order chi connectivity index (χ1) is 12.6. The Hall–Kier alpha value is -1.82. The highest BCUT2D eigenvalue weighted by atomic mass is 32.2. The number of aryl methyl sites for hydroxylation is 1. The van der Waals surface area contributed by atoms with Crippen LogP contribution in [-0.4, -0.2) is 32.9 Å². The fraction of sp³-hybridized carbons (Fsp3) is 0.550. The van der Waals surface area contributed by atoms with Gasteiger partial charge in [0.1, 0.15) is 11.6 Å². The summed E-state index contributed by atoms with van der Waals surface area (Å²) < 4.78 is 7.44. The van der Waals surface area contributed by atoms with Crippen molar-refractivity contribution in [3.05, 3.63) is 35.7 Å². The second kappa shape index (κ2) is 8.71. The Morgan fingerprint density at radius 2 is 1.92 bits per heavy atom. The number of ketones is 1. The molecule has 1 fully saturated rings. The minimum atomic E-state index is -0.158. The van der Waals surface area contributed by atoms with Crippen molar-refractivity contribution in [3.63, 3.8) is 0 Å². The van der Waals surface area contributed by atoms with Crippen molar-refractivity contribution in [2.45, 2.75) is 68.8 Å². The lowest BCUT2D eigenvalue weighted by Crippen LogP contribution is -2.20. The highest BCUT2D eigenvalue weighted by Crippen LogP contribution is 2.35. The van der Waals surface area contributed by atoms with E-state index in [4.69, 9.17) is 4.74 Å². The molecule has 1 heterocycles. The molecule has 0 bridgehead atoms. The van der Waals surface area contributed by atoms with Gasteiger partial charge in [-0.25, -0.2) is 0 Å². The molecule has 3 rings (SSSR count). The van der Waals surface area contributed by atoms with Gasteiger partial charge in [0.05, 0.1) is 12.4 Å². The van der Waals surface area contributed by atoms with Crippen LogP contribution in [0.2, 0.25) is 0 Å². The van der Waals surface area contributed by atoms with Gasteiger partial charge >= 0.3 is 0 Å². The summed E-state index contributed by atoms with van der Waals surface area (Å²) in [5, 5.41) is 9.40. The predicted molar refractivity (Wildman–Crippen MR) is 104 cm³/mol. The van der Waals surface area contributed by atoms with Crippen molar-refractivity contribution in [1.82, 2.24) is 14.8 Å². The number of thioether (sulfide) groups is 1. The van der Waals surface area contributed by atoms with Gasteiger partial charge < -0.3 is 9.30 Å². The van der Waals surface area contributed by atoms with Gasteiger partial charge in [-0.15, -0.1) is 10.2 Å². The summed E-state index contributed by atoms with van der Waals surface area (Å²) in [6.45, 7) is 4.06. The Labute approximate surface area is 159 Å². The monoisotopic (exact) mass is 373 g/mol. The normalized spacial score (nSPS) is 16.4. The third-order valence-corrected chi connectivity index (χ3v) is 6.38. The first-order valence-corrected chi connectivity index (χ1v) is 10.3. The van der Waals surface area contributed by atoms with Crippen LogP contribution in [0.25, 0.3) is 0 Å². The molecule has 0 saturated heterocycles. The third kappa shape index (κ3) is 4.11. The third-order valence-electron chi connectivity index (χ3n) is 5.06. The predicted octanol–water partition coefficient (Wildman–Crippen LogP) is 4.85. The summed E-state index contributed by atoms with van der Waals surface area (Å²) in [6, 6.07) is 7.80. The number of Topliss-reactive ketones (excluding diaryl/α,β-unsaturated/α-hetero) is 1. The quantitative estimate of drug-likeness (QED) is 0.513. The maximum atomic E-state index is 13.0. The van der Waals surface area contributed by atoms with Crippen molar-refractivity contribution < 1.29 is 9.53 Å². The lowest BCUT2D eigenvalue weighted by molar-refractivity contribution is 0.0988. The Kier molecular flexibility index (Phi) is 6.35. The van der Waals surface area contributed by atoms with Gasteiger partial charge in [-0.05, 0) is 50.5 Å². The number of rotatable bonds is 7. The van der Waals surface area contributed by atoms with Crippen molar-refractivity contribution in [3.8, 4) is 5.75 Å². The summed E-state index contributed by atoms with van der Waals surface area (Å²) in [5.74, 6) is 1.84. The molecule has 1 atom stereocenters. The fourth-order valence-electron chi connectivity index (χ4n) is 3.58. The zero-order chi connectivity index (χ0) is 18.5. The summed E-state index contributed by atoms with van der Waals surface area (Å²) in [5.41, 5.74) is 0.714. The lowest BCUT2D eigenvalue weighted by Gasteiger charge is -2.25. The van der Waals surface area contributed by atoms with E-state index in [1.54, 1.807) is 18.9 Å². The second-order valence-corrected chi connectivity index (χ2v) is 7.97. The van der Waals surface area contributed by atoms with Crippen LogP contribution < -0.4 is 4.74 Å². The van der Waals surface area contributed by atoms with Crippen LogP contribution in [0.3, 0.4) is 0 Å². The molecule has 1 aromatic carbocycles. The molecule has 1 aromatic heterocycles. The standard InChI is InChI=1S/C20H27N3O2S/c1-4-18(19(24)15-10-12-17(25-3)13-11-15)26-20-22-21-14(2)23(20)16-8-6-5-7-9-16/h10-13,16,18H,4-9H2,1-3H3. The molecule has 1 saturated carbocycles. The van der Waals surface area contributed by atoms with Gasteiger partial charge in [-0.1, -0.05) is 37.9 Å². The molecule has 2 aromatic rings. The van der Waals surface area contributed by atoms with Gasteiger partial charge in [0.25, 0.3) is 0 Å². The summed E-state index contributed by atoms with van der Waals surface area (Å²) in [7, 11) is 1.63. The highest BCUT2D eigenvalue weighted by Gasteiger charge is 2.26. The van der Waals surface area contributed by atoms with Crippen LogP contribution in [0.1, 0.15) is 67.7 Å². The van der Waals surface area contributed by atoms with Crippen LogP contribution in [0, 0.1) is 6.92 Å². The van der Waals surface area contributed by atoms with Gasteiger partial charge in [-0.2, -0.15) is 0 Å². The van der Waals surface area contributed by atoms with Crippen molar-refractivity contribution in [1.29, 1.82) is 0 Å². The minimum Gasteiger partial charge on any atom is -0.497 e. The zero-order valence-corrected chi connectivity index (χ0v) is 16.6. The molecule has 6 heteroatoms. The number of benzene rings is 1. The average Bonchev–Trinajstić information content (AvgIpc) is 3.06. The molecule has 1 aliphatic rings. The topological polar surface area (TPSA) is 57.0 Å². The van der Waals surface area contributed by atoms with Crippen LogP contribution in [-0.2, 0) is 0 Å². The Bertz CT molecular complexity index is 736. The molecule has 140 valence electrons. The SMILES string of the molecule is CCC(Sc1nnc(C)n1C1CCCCC1)C(=O)c1ccc(OC)cc1. The van der Waals surface area contributed by atoms with E-state index < -0.39 is 0 Å². The second-order valence-electron chi connectivity index (χ2n) is 6.80. The van der Waals surface area contributed by atoms with E-state index in [2.05, 4.69) is 14.8 Å². The summed E-state index contributed by atoms with van der Waals surface area (Å²) in [6.07, 6.45) is 6.94. The van der Waals surface area contributed by atoms with Crippen LogP contribution in [0.4, 0.5) is 0 Å². The highest BCUT2D eigenvalue weighted by molar-refractivity contribution is 8.00. The Morgan fingerprint density at radius 3 is 2.54 bits per heavy atom. The minimum absolute atomic E-state index is 0.135. The molecule has 26 heavy (non-hydrogen) atoms. The smallest absolute Gasteiger partial charge is 0.192 e. The first-order valence-electron chi connectivity index (χ1n) is 9.40. The Balaban J connectivity index is 1.78. The molecule has 1 aliphatic carbocycles. The van der Waals surface area contributed by atoms with E-state index in [0.717, 1.165) is 23.2 Å². The van der Waals surface area contributed by atoms with Gasteiger partial charge in [-0.3, -0.25) is 4.79 Å². The largest absolute Gasteiger partial charge is 0.497 e. The number of methoxy groups -OCH3 is 1. The molecule has 0 aliphatic heterocycles. The molecule has 0 amide bonds. The summed E-state index contributed by atoms with van der Waals surface area (Å²) in [4.78, 5) is 13.0. The molecule has 0 spiro atoms. The molecular formula is C20H27N3O2S. The number of nitrogens with zero attached hydrogens (tertiary/aromatic N) is 3. The van der Waals surface area contributed by atoms with E-state index in [-0.39, 0.29) is 11.0 Å². The number of hydrogen-bond acceptors (Lipinski definition) is 5. The number of ether oxygens (including phenoxy) is 1.